The molecule has 0 spiro atoms. The zero-order valence-corrected chi connectivity index (χ0v) is 13.6. The number of hydrogen-bond donors (Lipinski definition) is 1. The molecule has 1 unspecified atom stereocenters. The fraction of sp³-hybridized carbons (Fsp3) is 0.600. The molecule has 0 aromatic carbocycles. The minimum atomic E-state index is -4.46. The largest absolute Gasteiger partial charge is 0.417 e. The Morgan fingerprint density at radius 3 is 2.38 bits per heavy atom. The quantitative estimate of drug-likeness (QED) is 0.876. The van der Waals surface area contributed by atoms with Crippen LogP contribution >= 0.6 is 11.6 Å². The third-order valence-electron chi connectivity index (χ3n) is 4.64. The lowest BCUT2D eigenvalue weighted by Gasteiger charge is -2.37. The maximum Gasteiger partial charge on any atom is 0.417 e. The number of nitrogens with two attached hydrogens (primary N) is 1. The summed E-state index contributed by atoms with van der Waals surface area (Å²) in [6.07, 6.45) is -1.55. The van der Waals surface area contributed by atoms with E-state index in [-0.39, 0.29) is 17.0 Å². The number of likely N-dealkylation sites (tertiary alicyclic amines) is 1. The highest BCUT2D eigenvalue weighted by molar-refractivity contribution is 6.33. The van der Waals surface area contributed by atoms with Crippen LogP contribution in [0.1, 0.15) is 24.8 Å². The van der Waals surface area contributed by atoms with Crippen molar-refractivity contribution in [2.24, 2.45) is 5.73 Å². The molecule has 1 amide bonds. The second kappa shape index (κ2) is 6.40. The lowest BCUT2D eigenvalue weighted by molar-refractivity contribution is -0.137. The van der Waals surface area contributed by atoms with Crippen molar-refractivity contribution in [2.45, 2.75) is 37.5 Å². The van der Waals surface area contributed by atoms with Gasteiger partial charge in [0, 0.05) is 31.9 Å². The molecule has 0 bridgehead atoms. The van der Waals surface area contributed by atoms with Crippen molar-refractivity contribution in [3.63, 3.8) is 0 Å². The van der Waals surface area contributed by atoms with Crippen LogP contribution in [0.15, 0.2) is 12.3 Å². The molecule has 3 heterocycles. The Labute approximate surface area is 142 Å². The van der Waals surface area contributed by atoms with E-state index in [1.165, 1.54) is 0 Å². The maximum atomic E-state index is 12.7. The molecule has 1 aromatic heterocycles. The molecule has 3 rings (SSSR count). The van der Waals surface area contributed by atoms with Gasteiger partial charge in [0.05, 0.1) is 16.6 Å². The van der Waals surface area contributed by atoms with E-state index in [1.807, 2.05) is 9.80 Å². The molecule has 5 nitrogen and oxygen atoms in total. The molecule has 2 saturated heterocycles. The summed E-state index contributed by atoms with van der Waals surface area (Å²) < 4.78 is 38.0. The molecule has 0 radical (unpaired) electrons. The number of halogens is 4. The predicted molar refractivity (Wildman–Crippen MR) is 83.8 cm³/mol. The fourth-order valence-electron chi connectivity index (χ4n) is 3.30. The number of alkyl halides is 3. The van der Waals surface area contributed by atoms with Crippen LogP contribution in [0.5, 0.6) is 0 Å². The van der Waals surface area contributed by atoms with Crippen LogP contribution in [-0.4, -0.2) is 47.5 Å². The summed E-state index contributed by atoms with van der Waals surface area (Å²) >= 11 is 5.99. The van der Waals surface area contributed by atoms with Gasteiger partial charge in [0.1, 0.15) is 5.82 Å². The number of pyridine rings is 1. The summed E-state index contributed by atoms with van der Waals surface area (Å²) in [7, 11) is 0. The monoisotopic (exact) mass is 362 g/mol. The van der Waals surface area contributed by atoms with Crippen molar-refractivity contribution in [1.82, 2.24) is 9.88 Å². The number of nitrogens with zero attached hydrogens (tertiary/aromatic N) is 3. The molecule has 0 aliphatic carbocycles. The van der Waals surface area contributed by atoms with Crippen molar-refractivity contribution in [3.8, 4) is 0 Å². The number of carbonyl (C=O) groups excluding carboxylic acids is 1. The summed E-state index contributed by atoms with van der Waals surface area (Å²) in [6.45, 7) is 1.84. The normalized spacial score (nSPS) is 23.2. The van der Waals surface area contributed by atoms with E-state index in [2.05, 4.69) is 4.98 Å². The van der Waals surface area contributed by atoms with Crippen LogP contribution in [0.2, 0.25) is 5.02 Å². The fourth-order valence-corrected chi connectivity index (χ4v) is 3.58. The second-order valence-corrected chi connectivity index (χ2v) is 6.58. The van der Waals surface area contributed by atoms with Crippen molar-refractivity contribution in [1.29, 1.82) is 0 Å². The van der Waals surface area contributed by atoms with Gasteiger partial charge in [-0.1, -0.05) is 11.6 Å². The van der Waals surface area contributed by atoms with E-state index < -0.39 is 17.8 Å². The van der Waals surface area contributed by atoms with Crippen LogP contribution in [-0.2, 0) is 11.0 Å². The maximum absolute atomic E-state index is 12.7. The van der Waals surface area contributed by atoms with Crippen molar-refractivity contribution in [2.75, 3.05) is 24.5 Å². The van der Waals surface area contributed by atoms with E-state index in [1.54, 1.807) is 0 Å². The highest BCUT2D eigenvalue weighted by Crippen LogP contribution is 2.34. The summed E-state index contributed by atoms with van der Waals surface area (Å²) in [4.78, 5) is 19.6. The molecule has 2 N–H and O–H groups in total. The molecule has 2 aliphatic rings. The summed E-state index contributed by atoms with van der Waals surface area (Å²) in [6, 6.07) is 0.614. The lowest BCUT2D eigenvalue weighted by Crippen LogP contribution is -2.47. The van der Waals surface area contributed by atoms with E-state index in [0.29, 0.717) is 31.9 Å². The van der Waals surface area contributed by atoms with Crippen LogP contribution < -0.4 is 10.6 Å². The number of rotatable bonds is 2. The summed E-state index contributed by atoms with van der Waals surface area (Å²) in [5.41, 5.74) is 4.88. The number of amides is 1. The standard InChI is InChI=1S/C15H18ClF3N4O/c16-11-7-9(15(17,18)19)8-21-13(11)22-4-1-10(2-5-22)23-6-3-12(20)14(23)24/h7-8,10,12H,1-6,20H2. The molecular formula is C15H18ClF3N4O. The van der Waals surface area contributed by atoms with Gasteiger partial charge in [0.25, 0.3) is 0 Å². The Hall–Kier alpha value is -1.54. The van der Waals surface area contributed by atoms with E-state index in [9.17, 15) is 18.0 Å². The minimum absolute atomic E-state index is 0.0115. The van der Waals surface area contributed by atoms with E-state index >= 15 is 0 Å². The third-order valence-corrected chi connectivity index (χ3v) is 4.91. The number of carbonyl (C=O) groups is 1. The average molecular weight is 363 g/mol. The molecule has 1 atom stereocenters. The number of anilines is 1. The Bertz CT molecular complexity index is 632. The molecule has 1 aromatic rings. The minimum Gasteiger partial charge on any atom is -0.355 e. The van der Waals surface area contributed by atoms with Gasteiger partial charge in [-0.3, -0.25) is 4.79 Å². The highest BCUT2D eigenvalue weighted by Gasteiger charge is 2.36. The first-order valence-corrected chi connectivity index (χ1v) is 8.19. The van der Waals surface area contributed by atoms with Gasteiger partial charge in [-0.25, -0.2) is 4.98 Å². The first-order valence-electron chi connectivity index (χ1n) is 7.81. The van der Waals surface area contributed by atoms with Gasteiger partial charge in [-0.05, 0) is 25.3 Å². The predicted octanol–water partition coefficient (Wildman–Crippen LogP) is 2.28. The van der Waals surface area contributed by atoms with Gasteiger partial charge in [-0.15, -0.1) is 0 Å². The topological polar surface area (TPSA) is 62.5 Å². The summed E-state index contributed by atoms with van der Waals surface area (Å²) in [5.74, 6) is 0.340. The number of aromatic nitrogens is 1. The molecule has 132 valence electrons. The van der Waals surface area contributed by atoms with Gasteiger partial charge < -0.3 is 15.5 Å². The molecule has 2 fully saturated rings. The second-order valence-electron chi connectivity index (χ2n) is 6.17. The van der Waals surface area contributed by atoms with Crippen LogP contribution in [0, 0.1) is 0 Å². The SMILES string of the molecule is NC1CCN(C2CCN(c3ncc(C(F)(F)F)cc3Cl)CC2)C1=O. The van der Waals surface area contributed by atoms with Gasteiger partial charge in [0.15, 0.2) is 0 Å². The van der Waals surface area contributed by atoms with Gasteiger partial charge in [0.2, 0.25) is 5.91 Å². The van der Waals surface area contributed by atoms with Gasteiger partial charge >= 0.3 is 6.18 Å². The molecule has 0 saturated carbocycles. The van der Waals surface area contributed by atoms with Crippen molar-refractivity contribution < 1.29 is 18.0 Å². The lowest BCUT2D eigenvalue weighted by atomic mass is 10.0. The third kappa shape index (κ3) is 3.30. The van der Waals surface area contributed by atoms with Crippen LogP contribution in [0.25, 0.3) is 0 Å². The van der Waals surface area contributed by atoms with E-state index in [0.717, 1.165) is 25.1 Å². The molecule has 2 aliphatic heterocycles. The average Bonchev–Trinajstić information content (AvgIpc) is 2.86. The first-order chi connectivity index (χ1) is 11.3. The van der Waals surface area contributed by atoms with Crippen molar-refractivity contribution in [3.05, 3.63) is 22.8 Å². The van der Waals surface area contributed by atoms with Gasteiger partial charge in [-0.2, -0.15) is 13.2 Å². The Morgan fingerprint density at radius 2 is 1.88 bits per heavy atom. The first kappa shape index (κ1) is 17.3. The zero-order chi connectivity index (χ0) is 17.5. The van der Waals surface area contributed by atoms with Crippen LogP contribution in [0.4, 0.5) is 19.0 Å². The molecule has 9 heteroatoms. The molecule has 24 heavy (non-hydrogen) atoms. The zero-order valence-electron chi connectivity index (χ0n) is 12.9. The highest BCUT2D eigenvalue weighted by atomic mass is 35.5. The molecular weight excluding hydrogens is 345 g/mol. The Balaban J connectivity index is 1.66. The Kier molecular flexibility index (Phi) is 4.61. The summed E-state index contributed by atoms with van der Waals surface area (Å²) in [5, 5.41) is -0.0115. The van der Waals surface area contributed by atoms with Crippen molar-refractivity contribution >= 4 is 23.3 Å². The van der Waals surface area contributed by atoms with E-state index in [4.69, 9.17) is 17.3 Å². The smallest absolute Gasteiger partial charge is 0.355 e. The number of piperidine rings is 1. The Morgan fingerprint density at radius 1 is 1.21 bits per heavy atom. The van der Waals surface area contributed by atoms with Crippen LogP contribution in [0.3, 0.4) is 0 Å². The number of hydrogen-bond acceptors (Lipinski definition) is 4.